The van der Waals surface area contributed by atoms with Crippen LogP contribution in [0, 0.1) is 6.92 Å². The zero-order chi connectivity index (χ0) is 17.4. The van der Waals surface area contributed by atoms with Crippen LogP contribution in [0.5, 0.6) is 0 Å². The van der Waals surface area contributed by atoms with E-state index in [1.807, 2.05) is 43.3 Å². The smallest absolute Gasteiger partial charge is 0.240 e. The number of carbonyl (C=O) groups excluding carboxylic acids is 2. The maximum atomic E-state index is 11.8. The van der Waals surface area contributed by atoms with E-state index in [1.54, 1.807) is 17.6 Å². The normalized spacial score (nSPS) is 10.8. The second kappa shape index (κ2) is 9.34. The average Bonchev–Trinajstić information content (AvgIpc) is 2.95. The first kappa shape index (κ1) is 18.4. The van der Waals surface area contributed by atoms with E-state index in [-0.39, 0.29) is 24.7 Å². The van der Waals surface area contributed by atoms with E-state index in [4.69, 9.17) is 0 Å². The Morgan fingerprint density at radius 2 is 1.83 bits per heavy atom. The fourth-order valence-electron chi connectivity index (χ4n) is 1.91. The number of nitrogens with one attached hydrogen (secondary N) is 2. The number of amides is 2. The van der Waals surface area contributed by atoms with Gasteiger partial charge < -0.3 is 5.32 Å². The van der Waals surface area contributed by atoms with Gasteiger partial charge in [-0.05, 0) is 49.7 Å². The molecule has 2 aromatic rings. The zero-order valence-electron chi connectivity index (χ0n) is 13.2. The molecular weight excluding hydrogens is 390 g/mol. The number of hydrogen-bond acceptors (Lipinski definition) is 4. The van der Waals surface area contributed by atoms with Gasteiger partial charge in [-0.3, -0.25) is 9.59 Å². The second-order valence-electron chi connectivity index (χ2n) is 5.15. The summed E-state index contributed by atoms with van der Waals surface area (Å²) in [5.74, 6) is -0.307. The Hall–Kier alpha value is -1.99. The first-order valence-electron chi connectivity index (χ1n) is 7.47. The SMILES string of the molecule is Cc1ccc(/C=N\NC(=O)CCCC(=O)Nc2ccc(Br)cc2)s1. The minimum Gasteiger partial charge on any atom is -0.326 e. The van der Waals surface area contributed by atoms with Crippen LogP contribution in [0.25, 0.3) is 0 Å². The monoisotopic (exact) mass is 407 g/mol. The average molecular weight is 408 g/mol. The highest BCUT2D eigenvalue weighted by Gasteiger charge is 2.05. The van der Waals surface area contributed by atoms with Crippen LogP contribution in [0.4, 0.5) is 5.69 Å². The summed E-state index contributed by atoms with van der Waals surface area (Å²) in [5, 5.41) is 6.70. The van der Waals surface area contributed by atoms with E-state index >= 15 is 0 Å². The zero-order valence-corrected chi connectivity index (χ0v) is 15.6. The number of halogens is 1. The molecule has 0 aliphatic heterocycles. The molecule has 0 saturated carbocycles. The Labute approximate surface area is 153 Å². The molecule has 1 heterocycles. The van der Waals surface area contributed by atoms with Crippen LogP contribution in [-0.4, -0.2) is 18.0 Å². The molecule has 5 nitrogen and oxygen atoms in total. The highest BCUT2D eigenvalue weighted by molar-refractivity contribution is 9.10. The van der Waals surface area contributed by atoms with Crippen molar-refractivity contribution in [3.63, 3.8) is 0 Å². The van der Waals surface area contributed by atoms with Crippen LogP contribution in [0.15, 0.2) is 46.0 Å². The van der Waals surface area contributed by atoms with Crippen molar-refractivity contribution in [2.45, 2.75) is 26.2 Å². The molecular formula is C17H18BrN3O2S. The highest BCUT2D eigenvalue weighted by Crippen LogP contribution is 2.14. The van der Waals surface area contributed by atoms with Gasteiger partial charge in [0, 0.05) is 32.8 Å². The van der Waals surface area contributed by atoms with E-state index in [2.05, 4.69) is 31.8 Å². The van der Waals surface area contributed by atoms with E-state index in [0.29, 0.717) is 6.42 Å². The van der Waals surface area contributed by atoms with Crippen LogP contribution in [0.1, 0.15) is 29.0 Å². The van der Waals surface area contributed by atoms with Crippen molar-refractivity contribution in [3.05, 3.63) is 50.6 Å². The Bertz CT molecular complexity index is 726. The third-order valence-corrected chi connectivity index (χ3v) is 4.54. The third-order valence-electron chi connectivity index (χ3n) is 3.08. The fourth-order valence-corrected chi connectivity index (χ4v) is 2.93. The lowest BCUT2D eigenvalue weighted by atomic mass is 10.2. The molecule has 0 fully saturated rings. The first-order valence-corrected chi connectivity index (χ1v) is 9.07. The van der Waals surface area contributed by atoms with Gasteiger partial charge in [-0.2, -0.15) is 5.10 Å². The standard InChI is InChI=1S/C17H18BrN3O2S/c1-12-5-10-15(24-12)11-19-21-17(23)4-2-3-16(22)20-14-8-6-13(18)7-9-14/h5-11H,2-4H2,1H3,(H,20,22)(H,21,23)/b19-11-. The molecule has 0 spiro atoms. The minimum atomic E-state index is -0.198. The number of nitrogens with zero attached hydrogens (tertiary/aromatic N) is 1. The van der Waals surface area contributed by atoms with Gasteiger partial charge in [-0.15, -0.1) is 11.3 Å². The van der Waals surface area contributed by atoms with Crippen LogP contribution < -0.4 is 10.7 Å². The molecule has 0 aliphatic carbocycles. The lowest BCUT2D eigenvalue weighted by molar-refractivity contribution is -0.121. The number of aryl methyl sites for hydroxylation is 1. The first-order chi connectivity index (χ1) is 11.5. The molecule has 0 unspecified atom stereocenters. The summed E-state index contributed by atoms with van der Waals surface area (Å²) in [6, 6.07) is 11.3. The fraction of sp³-hybridized carbons (Fsp3) is 0.235. The molecule has 0 aliphatic rings. The number of thiophene rings is 1. The summed E-state index contributed by atoms with van der Waals surface area (Å²) in [5.41, 5.74) is 3.21. The van der Waals surface area contributed by atoms with Gasteiger partial charge in [0.25, 0.3) is 0 Å². The second-order valence-corrected chi connectivity index (χ2v) is 7.39. The Morgan fingerprint density at radius 1 is 1.12 bits per heavy atom. The molecule has 2 N–H and O–H groups in total. The quantitative estimate of drug-likeness (QED) is 0.536. The highest BCUT2D eigenvalue weighted by atomic mass is 79.9. The summed E-state index contributed by atoms with van der Waals surface area (Å²) >= 11 is 4.94. The minimum absolute atomic E-state index is 0.109. The van der Waals surface area contributed by atoms with Crippen molar-refractivity contribution in [3.8, 4) is 0 Å². The molecule has 2 amide bonds. The summed E-state index contributed by atoms with van der Waals surface area (Å²) in [6.07, 6.45) is 2.64. The molecule has 7 heteroatoms. The van der Waals surface area contributed by atoms with Crippen LogP contribution in [0.3, 0.4) is 0 Å². The number of benzene rings is 1. The molecule has 24 heavy (non-hydrogen) atoms. The van der Waals surface area contributed by atoms with Crippen molar-refractivity contribution >= 4 is 51.0 Å². The van der Waals surface area contributed by atoms with Crippen LogP contribution in [0.2, 0.25) is 0 Å². The Kier molecular flexibility index (Phi) is 7.14. The number of carbonyl (C=O) groups is 2. The number of hydrazone groups is 1. The number of anilines is 1. The van der Waals surface area contributed by atoms with Crippen molar-refractivity contribution in [1.29, 1.82) is 0 Å². The summed E-state index contributed by atoms with van der Waals surface area (Å²) in [4.78, 5) is 25.6. The molecule has 0 bridgehead atoms. The maximum absolute atomic E-state index is 11.8. The topological polar surface area (TPSA) is 70.6 Å². The third kappa shape index (κ3) is 6.64. The van der Waals surface area contributed by atoms with Crippen molar-refractivity contribution in [1.82, 2.24) is 5.43 Å². The van der Waals surface area contributed by atoms with E-state index in [1.165, 1.54) is 4.88 Å². The van der Waals surface area contributed by atoms with E-state index < -0.39 is 0 Å². The van der Waals surface area contributed by atoms with Crippen molar-refractivity contribution < 1.29 is 9.59 Å². The van der Waals surface area contributed by atoms with Gasteiger partial charge in [0.05, 0.1) is 6.21 Å². The molecule has 2 rings (SSSR count). The lowest BCUT2D eigenvalue weighted by Gasteiger charge is -2.05. The number of rotatable bonds is 7. The summed E-state index contributed by atoms with van der Waals surface area (Å²) in [6.45, 7) is 2.01. The maximum Gasteiger partial charge on any atom is 0.240 e. The van der Waals surface area contributed by atoms with Gasteiger partial charge in [-0.25, -0.2) is 5.43 Å². The predicted octanol–water partition coefficient (Wildman–Crippen LogP) is 4.08. The van der Waals surface area contributed by atoms with Crippen LogP contribution in [-0.2, 0) is 9.59 Å². The Balaban J connectivity index is 1.64. The van der Waals surface area contributed by atoms with Gasteiger partial charge in [0.1, 0.15) is 0 Å². The number of hydrogen-bond donors (Lipinski definition) is 2. The molecule has 0 radical (unpaired) electrons. The van der Waals surface area contributed by atoms with Gasteiger partial charge in [0.2, 0.25) is 11.8 Å². The van der Waals surface area contributed by atoms with Crippen LogP contribution >= 0.6 is 27.3 Å². The molecule has 0 atom stereocenters. The van der Waals surface area contributed by atoms with Gasteiger partial charge >= 0.3 is 0 Å². The predicted molar refractivity (Wildman–Crippen MR) is 101 cm³/mol. The van der Waals surface area contributed by atoms with Gasteiger partial charge in [-0.1, -0.05) is 15.9 Å². The largest absolute Gasteiger partial charge is 0.326 e. The van der Waals surface area contributed by atoms with Crippen molar-refractivity contribution in [2.24, 2.45) is 5.10 Å². The lowest BCUT2D eigenvalue weighted by Crippen LogP contribution is -2.18. The van der Waals surface area contributed by atoms with E-state index in [9.17, 15) is 9.59 Å². The van der Waals surface area contributed by atoms with Crippen molar-refractivity contribution in [2.75, 3.05) is 5.32 Å². The molecule has 0 saturated heterocycles. The molecule has 1 aromatic carbocycles. The Morgan fingerprint density at radius 3 is 2.50 bits per heavy atom. The van der Waals surface area contributed by atoms with Gasteiger partial charge in [0.15, 0.2) is 0 Å². The molecule has 1 aromatic heterocycles. The summed E-state index contributed by atoms with van der Waals surface area (Å²) < 4.78 is 0.954. The molecule has 126 valence electrons. The van der Waals surface area contributed by atoms with E-state index in [0.717, 1.165) is 15.0 Å². The summed E-state index contributed by atoms with van der Waals surface area (Å²) in [7, 11) is 0.